The molecule has 0 spiro atoms. The lowest BCUT2D eigenvalue weighted by atomic mass is 10.0. The first kappa shape index (κ1) is 21.9. The Morgan fingerprint density at radius 1 is 1.17 bits per heavy atom. The summed E-state index contributed by atoms with van der Waals surface area (Å²) in [5.74, 6) is -0.815. The zero-order valence-corrected chi connectivity index (χ0v) is 17.7. The molecule has 2 N–H and O–H groups in total. The third-order valence-electron chi connectivity index (χ3n) is 4.97. The summed E-state index contributed by atoms with van der Waals surface area (Å²) >= 11 is 0. The number of halogens is 1. The predicted octanol–water partition coefficient (Wildman–Crippen LogP) is 3.36. The van der Waals surface area contributed by atoms with Crippen LogP contribution < -0.4 is 10.0 Å². The lowest BCUT2D eigenvalue weighted by Crippen LogP contribution is -2.50. The molecule has 2 aromatic carbocycles. The number of nitrogens with one attached hydrogen (secondary N) is 2. The minimum Gasteiger partial charge on any atom is -0.336 e. The molecule has 0 aliphatic heterocycles. The van der Waals surface area contributed by atoms with Gasteiger partial charge in [-0.2, -0.15) is 9.98 Å². The molecule has 1 amide bonds. The number of hydrogen-bond donors (Lipinski definition) is 2. The van der Waals surface area contributed by atoms with Gasteiger partial charge >= 0.3 is 0 Å². The second-order valence-corrected chi connectivity index (χ2v) is 9.74. The fraction of sp³-hybridized carbons (Fsp3) is 0.364. The Hall–Kier alpha value is -2.76. The van der Waals surface area contributed by atoms with E-state index >= 15 is 0 Å². The van der Waals surface area contributed by atoms with Gasteiger partial charge in [-0.1, -0.05) is 38.1 Å². The molecule has 2 aromatic rings. The van der Waals surface area contributed by atoms with Crippen LogP contribution in [0.3, 0.4) is 0 Å². The largest absolute Gasteiger partial charge is 0.336 e. The average Bonchev–Trinajstić information content (AvgIpc) is 3.47. The molecule has 8 heteroatoms. The van der Waals surface area contributed by atoms with E-state index in [1.54, 1.807) is 24.3 Å². The first-order valence-corrected chi connectivity index (χ1v) is 11.2. The number of carbonyl (C=O) groups is 1. The zero-order valence-electron chi connectivity index (χ0n) is 16.9. The minimum absolute atomic E-state index is 0.00676. The third-order valence-corrected chi connectivity index (χ3v) is 6.44. The van der Waals surface area contributed by atoms with Gasteiger partial charge in [-0.15, -0.1) is 0 Å². The molecule has 158 valence electrons. The van der Waals surface area contributed by atoms with Gasteiger partial charge < -0.3 is 5.32 Å². The van der Waals surface area contributed by atoms with Gasteiger partial charge in [0, 0.05) is 0 Å². The number of nitrogens with zero attached hydrogens (tertiary/aromatic N) is 1. The van der Waals surface area contributed by atoms with Crippen molar-refractivity contribution in [3.63, 3.8) is 0 Å². The Kier molecular flexibility index (Phi) is 6.25. The van der Waals surface area contributed by atoms with Crippen molar-refractivity contribution in [3.05, 3.63) is 54.3 Å². The Balaban J connectivity index is 1.83. The van der Waals surface area contributed by atoms with Crippen LogP contribution in [-0.2, 0) is 14.8 Å². The quantitative estimate of drug-likeness (QED) is 0.672. The Morgan fingerprint density at radius 2 is 1.83 bits per heavy atom. The molecule has 30 heavy (non-hydrogen) atoms. The molecule has 1 aliphatic rings. The van der Waals surface area contributed by atoms with Gasteiger partial charge in [-0.05, 0) is 60.6 Å². The maximum absolute atomic E-state index is 13.2. The van der Waals surface area contributed by atoms with Crippen molar-refractivity contribution >= 4 is 15.9 Å². The highest BCUT2D eigenvalue weighted by atomic mass is 32.2. The standard InChI is InChI=1S/C22H24FN3O3S/c1-15(2)12-20(21(27)25-22(14-24)10-11-22)26-30(28,29)19-5-3-4-17(13-19)16-6-8-18(23)9-7-16/h3-9,13,15,20,26H,10-12H2,1-2H3,(H,25,27)/t20-/m0/s1. The van der Waals surface area contributed by atoms with Gasteiger partial charge in [-0.3, -0.25) is 4.79 Å². The SMILES string of the molecule is CC(C)C[C@H](NS(=O)(=O)c1cccc(-c2ccc(F)cc2)c1)C(=O)NC1(C#N)CC1. The lowest BCUT2D eigenvalue weighted by molar-refractivity contribution is -0.123. The molecule has 0 saturated heterocycles. The van der Waals surface area contributed by atoms with Crippen molar-refractivity contribution in [2.75, 3.05) is 0 Å². The fourth-order valence-corrected chi connectivity index (χ4v) is 4.39. The highest BCUT2D eigenvalue weighted by molar-refractivity contribution is 7.89. The van der Waals surface area contributed by atoms with Crippen molar-refractivity contribution in [1.29, 1.82) is 5.26 Å². The Morgan fingerprint density at radius 3 is 2.40 bits per heavy atom. The zero-order chi connectivity index (χ0) is 21.9. The van der Waals surface area contributed by atoms with Crippen LogP contribution in [0.15, 0.2) is 53.4 Å². The van der Waals surface area contributed by atoms with Crippen molar-refractivity contribution < 1.29 is 17.6 Å². The number of benzene rings is 2. The molecule has 0 aromatic heterocycles. The van der Waals surface area contributed by atoms with E-state index in [1.807, 2.05) is 13.8 Å². The summed E-state index contributed by atoms with van der Waals surface area (Å²) in [6.45, 7) is 3.78. The van der Waals surface area contributed by atoms with E-state index in [2.05, 4.69) is 16.1 Å². The van der Waals surface area contributed by atoms with Crippen molar-refractivity contribution in [3.8, 4) is 17.2 Å². The van der Waals surface area contributed by atoms with Crippen LogP contribution in [0.1, 0.15) is 33.1 Å². The van der Waals surface area contributed by atoms with Crippen LogP contribution in [0.5, 0.6) is 0 Å². The minimum atomic E-state index is -4.00. The van der Waals surface area contributed by atoms with Gasteiger partial charge in [-0.25, -0.2) is 12.8 Å². The number of amides is 1. The van der Waals surface area contributed by atoms with Gasteiger partial charge in [0.15, 0.2) is 0 Å². The van der Waals surface area contributed by atoms with E-state index in [4.69, 9.17) is 0 Å². The summed E-state index contributed by atoms with van der Waals surface area (Å²) in [7, 11) is -4.00. The van der Waals surface area contributed by atoms with Crippen LogP contribution in [-0.4, -0.2) is 25.9 Å². The first-order valence-electron chi connectivity index (χ1n) is 9.76. The number of nitriles is 1. The van der Waals surface area contributed by atoms with Crippen molar-refractivity contribution in [2.24, 2.45) is 5.92 Å². The van der Waals surface area contributed by atoms with E-state index < -0.39 is 27.5 Å². The molecular formula is C22H24FN3O3S. The molecule has 0 radical (unpaired) electrons. The van der Waals surface area contributed by atoms with Crippen LogP contribution in [0, 0.1) is 23.1 Å². The van der Waals surface area contributed by atoms with Crippen LogP contribution in [0.4, 0.5) is 4.39 Å². The molecular weight excluding hydrogens is 405 g/mol. The average molecular weight is 430 g/mol. The maximum Gasteiger partial charge on any atom is 0.241 e. The van der Waals surface area contributed by atoms with Gasteiger partial charge in [0.1, 0.15) is 17.4 Å². The van der Waals surface area contributed by atoms with Crippen molar-refractivity contribution in [1.82, 2.24) is 10.0 Å². The van der Waals surface area contributed by atoms with Gasteiger partial charge in [0.25, 0.3) is 0 Å². The van der Waals surface area contributed by atoms with E-state index in [1.165, 1.54) is 24.3 Å². The molecule has 1 atom stereocenters. The Bertz CT molecular complexity index is 1070. The highest BCUT2D eigenvalue weighted by Gasteiger charge is 2.46. The van der Waals surface area contributed by atoms with Crippen LogP contribution >= 0.6 is 0 Å². The van der Waals surface area contributed by atoms with Crippen LogP contribution in [0.25, 0.3) is 11.1 Å². The number of sulfonamides is 1. The normalized spacial score (nSPS) is 16.0. The molecule has 1 saturated carbocycles. The number of carbonyl (C=O) groups excluding carboxylic acids is 1. The summed E-state index contributed by atoms with van der Waals surface area (Å²) in [5, 5.41) is 11.9. The van der Waals surface area contributed by atoms with E-state index in [0.717, 1.165) is 0 Å². The third kappa shape index (κ3) is 5.23. The molecule has 6 nitrogen and oxygen atoms in total. The highest BCUT2D eigenvalue weighted by Crippen LogP contribution is 2.34. The molecule has 1 fully saturated rings. The van der Waals surface area contributed by atoms with E-state index in [9.17, 15) is 22.9 Å². The topological polar surface area (TPSA) is 99.1 Å². The smallest absolute Gasteiger partial charge is 0.241 e. The summed E-state index contributed by atoms with van der Waals surface area (Å²) in [5.41, 5.74) is 0.416. The van der Waals surface area contributed by atoms with Gasteiger partial charge in [0.05, 0.1) is 11.0 Å². The summed E-state index contributed by atoms with van der Waals surface area (Å²) in [4.78, 5) is 12.7. The lowest BCUT2D eigenvalue weighted by Gasteiger charge is -2.22. The summed E-state index contributed by atoms with van der Waals surface area (Å²) in [6.07, 6.45) is 1.43. The second-order valence-electron chi connectivity index (χ2n) is 8.02. The molecule has 0 bridgehead atoms. The molecule has 0 unspecified atom stereocenters. The number of hydrogen-bond acceptors (Lipinski definition) is 4. The first-order chi connectivity index (χ1) is 14.1. The predicted molar refractivity (Wildman–Crippen MR) is 111 cm³/mol. The fourth-order valence-electron chi connectivity index (χ4n) is 3.13. The second kappa shape index (κ2) is 8.54. The maximum atomic E-state index is 13.2. The Labute approximate surface area is 176 Å². The van der Waals surface area contributed by atoms with Crippen LogP contribution in [0.2, 0.25) is 0 Å². The molecule has 1 aliphatic carbocycles. The van der Waals surface area contributed by atoms with Crippen molar-refractivity contribution in [2.45, 2.75) is 49.6 Å². The molecule has 0 heterocycles. The monoisotopic (exact) mass is 429 g/mol. The summed E-state index contributed by atoms with van der Waals surface area (Å²) < 4.78 is 41.7. The van der Waals surface area contributed by atoms with E-state index in [0.29, 0.717) is 30.4 Å². The molecule has 3 rings (SSSR count). The van der Waals surface area contributed by atoms with Gasteiger partial charge in [0.2, 0.25) is 15.9 Å². The summed E-state index contributed by atoms with van der Waals surface area (Å²) in [6, 6.07) is 13.1. The number of rotatable bonds is 8. The van der Waals surface area contributed by atoms with E-state index in [-0.39, 0.29) is 16.6 Å².